The van der Waals surface area contributed by atoms with Gasteiger partial charge in [0.05, 0.1) is 6.10 Å². The average Bonchev–Trinajstić information content (AvgIpc) is 3.02. The third-order valence-electron chi connectivity index (χ3n) is 5.11. The Hall–Kier alpha value is -2.67. The summed E-state index contributed by atoms with van der Waals surface area (Å²) >= 11 is 0. The lowest BCUT2D eigenvalue weighted by molar-refractivity contribution is -0.124. The van der Waals surface area contributed by atoms with E-state index in [9.17, 15) is 9.59 Å². The van der Waals surface area contributed by atoms with E-state index < -0.39 is 0 Å². The van der Waals surface area contributed by atoms with Crippen LogP contribution in [0.3, 0.4) is 0 Å². The minimum atomic E-state index is -0.128. The van der Waals surface area contributed by atoms with E-state index in [1.807, 2.05) is 30.3 Å². The molecule has 2 atom stereocenters. The number of para-hydroxylation sites is 1. The van der Waals surface area contributed by atoms with Crippen molar-refractivity contribution in [2.75, 3.05) is 31.1 Å². The van der Waals surface area contributed by atoms with Crippen LogP contribution >= 0.6 is 0 Å². The van der Waals surface area contributed by atoms with Gasteiger partial charge in [0.15, 0.2) is 12.1 Å². The first-order valence-electron chi connectivity index (χ1n) is 8.80. The van der Waals surface area contributed by atoms with Crippen LogP contribution in [0.5, 0.6) is 0 Å². The number of aromatic nitrogens is 1. The lowest BCUT2D eigenvalue weighted by Crippen LogP contribution is -2.49. The molecule has 136 valence electrons. The van der Waals surface area contributed by atoms with Crippen molar-refractivity contribution in [1.82, 2.24) is 9.88 Å². The lowest BCUT2D eigenvalue weighted by Gasteiger charge is -2.37. The first-order chi connectivity index (χ1) is 12.6. The number of anilines is 1. The number of likely N-dealkylation sites (tertiary alicyclic amines) is 1. The van der Waals surface area contributed by atoms with Crippen molar-refractivity contribution < 1.29 is 18.7 Å². The highest BCUT2D eigenvalue weighted by Gasteiger charge is 2.38. The molecule has 2 amide bonds. The smallest absolute Gasteiger partial charge is 0.276 e. The highest BCUT2D eigenvalue weighted by molar-refractivity contribution is 5.95. The molecule has 2 saturated heterocycles. The van der Waals surface area contributed by atoms with E-state index in [0.29, 0.717) is 37.5 Å². The molecule has 0 N–H and O–H groups in total. The van der Waals surface area contributed by atoms with E-state index in [4.69, 9.17) is 9.15 Å². The van der Waals surface area contributed by atoms with Crippen LogP contribution in [-0.4, -0.2) is 54.0 Å². The van der Waals surface area contributed by atoms with Gasteiger partial charge in [-0.2, -0.15) is 0 Å². The third-order valence-corrected chi connectivity index (χ3v) is 5.11. The fourth-order valence-electron chi connectivity index (χ4n) is 3.70. The number of fused-ring (bicyclic) bond motifs is 1. The maximum Gasteiger partial charge on any atom is 0.276 e. The van der Waals surface area contributed by atoms with Crippen LogP contribution in [-0.2, 0) is 9.53 Å². The minimum Gasteiger partial charge on any atom is -0.448 e. The molecule has 7 heteroatoms. The van der Waals surface area contributed by atoms with Gasteiger partial charge in [-0.05, 0) is 25.5 Å². The maximum atomic E-state index is 12.7. The lowest BCUT2D eigenvalue weighted by atomic mass is 9.93. The summed E-state index contributed by atoms with van der Waals surface area (Å²) in [6, 6.07) is 9.59. The quantitative estimate of drug-likeness (QED) is 0.822. The Morgan fingerprint density at radius 2 is 2.04 bits per heavy atom. The molecule has 2 aliphatic heterocycles. The van der Waals surface area contributed by atoms with Crippen LogP contribution in [0, 0.1) is 12.8 Å². The molecule has 0 spiro atoms. The number of hydrogen-bond acceptors (Lipinski definition) is 5. The SMILES string of the molecule is Cc1ocnc1C(=O)N1CC[C@@H]2OCC(=O)N(c3ccccc3)C[C@H]2C1. The summed E-state index contributed by atoms with van der Waals surface area (Å²) < 4.78 is 11.0. The highest BCUT2D eigenvalue weighted by Crippen LogP contribution is 2.28. The van der Waals surface area contributed by atoms with Gasteiger partial charge < -0.3 is 19.0 Å². The van der Waals surface area contributed by atoms with Crippen LogP contribution < -0.4 is 4.90 Å². The number of carbonyl (C=O) groups excluding carboxylic acids is 2. The number of benzene rings is 1. The van der Waals surface area contributed by atoms with Crippen LogP contribution in [0.1, 0.15) is 22.7 Å². The van der Waals surface area contributed by atoms with Gasteiger partial charge in [0.1, 0.15) is 12.4 Å². The molecule has 2 aliphatic rings. The standard InChI is InChI=1S/C19H21N3O4/c1-13-18(20-12-26-13)19(24)21-8-7-16-14(9-21)10-22(17(23)11-25-16)15-5-3-2-4-6-15/h2-6,12,14,16H,7-11H2,1H3/t14-,16+/m1/s1. The van der Waals surface area contributed by atoms with Crippen molar-refractivity contribution in [3.8, 4) is 0 Å². The predicted octanol–water partition coefficient (Wildman–Crippen LogP) is 1.88. The molecule has 7 nitrogen and oxygen atoms in total. The van der Waals surface area contributed by atoms with Gasteiger partial charge in [-0.15, -0.1) is 0 Å². The first kappa shape index (κ1) is 16.8. The third kappa shape index (κ3) is 3.10. The molecular formula is C19H21N3O4. The van der Waals surface area contributed by atoms with Gasteiger partial charge in [0.25, 0.3) is 11.8 Å². The molecule has 2 fully saturated rings. The van der Waals surface area contributed by atoms with E-state index in [1.54, 1.807) is 16.7 Å². The number of amides is 2. The van der Waals surface area contributed by atoms with E-state index >= 15 is 0 Å². The zero-order valence-corrected chi connectivity index (χ0v) is 14.6. The zero-order valence-electron chi connectivity index (χ0n) is 14.6. The number of aryl methyl sites for hydroxylation is 1. The number of ether oxygens (including phenoxy) is 1. The number of oxazole rings is 1. The van der Waals surface area contributed by atoms with E-state index in [0.717, 1.165) is 5.69 Å². The van der Waals surface area contributed by atoms with Crippen LogP contribution in [0.2, 0.25) is 0 Å². The summed E-state index contributed by atoms with van der Waals surface area (Å²) in [5, 5.41) is 0. The van der Waals surface area contributed by atoms with Gasteiger partial charge in [-0.3, -0.25) is 9.59 Å². The van der Waals surface area contributed by atoms with Gasteiger partial charge in [-0.1, -0.05) is 18.2 Å². The number of rotatable bonds is 2. The van der Waals surface area contributed by atoms with E-state index in [-0.39, 0.29) is 30.4 Å². The highest BCUT2D eigenvalue weighted by atomic mass is 16.5. The van der Waals surface area contributed by atoms with Crippen LogP contribution in [0.4, 0.5) is 5.69 Å². The van der Waals surface area contributed by atoms with Crippen molar-refractivity contribution >= 4 is 17.5 Å². The van der Waals surface area contributed by atoms with E-state index in [2.05, 4.69) is 4.98 Å². The van der Waals surface area contributed by atoms with Gasteiger partial charge >= 0.3 is 0 Å². The molecule has 26 heavy (non-hydrogen) atoms. The summed E-state index contributed by atoms with van der Waals surface area (Å²) in [7, 11) is 0. The second kappa shape index (κ2) is 6.92. The predicted molar refractivity (Wildman–Crippen MR) is 93.8 cm³/mol. The van der Waals surface area contributed by atoms with Gasteiger partial charge in [0.2, 0.25) is 0 Å². The number of piperidine rings is 1. The molecule has 3 heterocycles. The van der Waals surface area contributed by atoms with Crippen molar-refractivity contribution in [3.63, 3.8) is 0 Å². The summed E-state index contributed by atoms with van der Waals surface area (Å²) in [4.78, 5) is 32.8. The Kier molecular flexibility index (Phi) is 4.46. The second-order valence-corrected chi connectivity index (χ2v) is 6.75. The molecule has 0 unspecified atom stereocenters. The van der Waals surface area contributed by atoms with Gasteiger partial charge in [-0.25, -0.2) is 4.98 Å². The summed E-state index contributed by atoms with van der Waals surface area (Å²) in [5.74, 6) is 0.411. The van der Waals surface area contributed by atoms with Crippen molar-refractivity contribution in [2.45, 2.75) is 19.4 Å². The molecule has 0 aliphatic carbocycles. The zero-order chi connectivity index (χ0) is 18.1. The Balaban J connectivity index is 1.53. The second-order valence-electron chi connectivity index (χ2n) is 6.75. The normalized spacial score (nSPS) is 23.5. The Morgan fingerprint density at radius 1 is 1.23 bits per heavy atom. The molecule has 1 aromatic heterocycles. The minimum absolute atomic E-state index is 0.0184. The van der Waals surface area contributed by atoms with Gasteiger partial charge in [0, 0.05) is 31.2 Å². The number of hydrogen-bond donors (Lipinski definition) is 0. The number of nitrogens with zero attached hydrogens (tertiary/aromatic N) is 3. The van der Waals surface area contributed by atoms with E-state index in [1.165, 1.54) is 6.39 Å². The topological polar surface area (TPSA) is 75.9 Å². The molecule has 1 aromatic carbocycles. The summed E-state index contributed by atoms with van der Waals surface area (Å²) in [6.45, 7) is 3.47. The summed E-state index contributed by atoms with van der Waals surface area (Å²) in [5.41, 5.74) is 1.21. The van der Waals surface area contributed by atoms with Crippen LogP contribution in [0.25, 0.3) is 0 Å². The molecule has 4 rings (SSSR count). The van der Waals surface area contributed by atoms with Crippen LogP contribution in [0.15, 0.2) is 41.1 Å². The molecule has 2 aromatic rings. The van der Waals surface area contributed by atoms with Crippen molar-refractivity contribution in [2.24, 2.45) is 5.92 Å². The maximum absolute atomic E-state index is 12.7. The fourth-order valence-corrected chi connectivity index (χ4v) is 3.70. The fraction of sp³-hybridized carbons (Fsp3) is 0.421. The Labute approximate surface area is 151 Å². The summed E-state index contributed by atoms with van der Waals surface area (Å²) in [6.07, 6.45) is 1.98. The Morgan fingerprint density at radius 3 is 2.77 bits per heavy atom. The molecular weight excluding hydrogens is 334 g/mol. The average molecular weight is 355 g/mol. The number of carbonyl (C=O) groups is 2. The Bertz CT molecular complexity index is 804. The van der Waals surface area contributed by atoms with Crippen molar-refractivity contribution in [1.29, 1.82) is 0 Å². The molecule has 0 saturated carbocycles. The molecule has 0 radical (unpaired) electrons. The largest absolute Gasteiger partial charge is 0.448 e. The first-order valence-corrected chi connectivity index (χ1v) is 8.80. The van der Waals surface area contributed by atoms with Crippen molar-refractivity contribution in [3.05, 3.63) is 48.2 Å². The molecule has 0 bridgehead atoms. The monoisotopic (exact) mass is 355 g/mol.